The summed E-state index contributed by atoms with van der Waals surface area (Å²) in [6.07, 6.45) is 2.03. The predicted octanol–water partition coefficient (Wildman–Crippen LogP) is 3.26. The first kappa shape index (κ1) is 31.3. The zero-order chi connectivity index (χ0) is 30.4. The van der Waals surface area contributed by atoms with E-state index in [-0.39, 0.29) is 49.9 Å². The normalized spacial score (nSPS) is 17.3. The first-order valence-electron chi connectivity index (χ1n) is 13.7. The minimum Gasteiger partial charge on any atom is -0.490 e. The van der Waals surface area contributed by atoms with Gasteiger partial charge in [0.1, 0.15) is 11.8 Å². The van der Waals surface area contributed by atoms with E-state index in [1.165, 1.54) is 17.0 Å². The molecule has 42 heavy (non-hydrogen) atoms. The first-order valence-corrected chi connectivity index (χ1v) is 14.1. The lowest BCUT2D eigenvalue weighted by Gasteiger charge is -2.25. The van der Waals surface area contributed by atoms with Gasteiger partial charge >= 0.3 is 6.09 Å². The molecule has 1 atom stereocenters. The number of aryl methyl sites for hydroxylation is 2. The molecule has 2 amide bonds. The van der Waals surface area contributed by atoms with Crippen molar-refractivity contribution in [2.24, 2.45) is 0 Å². The molecule has 0 aliphatic carbocycles. The van der Waals surface area contributed by atoms with Gasteiger partial charge in [0.05, 0.1) is 43.9 Å². The van der Waals surface area contributed by atoms with E-state index < -0.39 is 23.8 Å². The average Bonchev–Trinajstić information content (AvgIpc) is 3.17. The Balaban J connectivity index is 1.37. The van der Waals surface area contributed by atoms with Gasteiger partial charge in [-0.1, -0.05) is 0 Å². The summed E-state index contributed by atoms with van der Waals surface area (Å²) in [5, 5.41) is 1.86. The zero-order valence-corrected chi connectivity index (χ0v) is 24.8. The van der Waals surface area contributed by atoms with Crippen LogP contribution in [0.4, 0.5) is 30.6 Å². The first-order chi connectivity index (χ1) is 20.1. The van der Waals surface area contributed by atoms with Gasteiger partial charge in [0.15, 0.2) is 16.7 Å². The van der Waals surface area contributed by atoms with E-state index in [2.05, 4.69) is 10.4 Å². The second kappa shape index (κ2) is 14.0. The number of thiocarbonyl (C=S) groups is 1. The Kier molecular flexibility index (Phi) is 10.5. The van der Waals surface area contributed by atoms with Crippen LogP contribution in [0.3, 0.4) is 0 Å². The fraction of sp³-hybridized carbons (Fsp3) is 0.500. The molecule has 2 saturated heterocycles. The van der Waals surface area contributed by atoms with Crippen molar-refractivity contribution in [2.45, 2.75) is 45.3 Å². The number of amides is 2. The fourth-order valence-corrected chi connectivity index (χ4v) is 5.18. The van der Waals surface area contributed by atoms with E-state index >= 15 is 8.78 Å². The molecular formula is C28H36F2N6O5S. The van der Waals surface area contributed by atoms with E-state index in [4.69, 9.17) is 32.2 Å². The second-order valence-electron chi connectivity index (χ2n) is 10.1. The van der Waals surface area contributed by atoms with E-state index in [0.717, 1.165) is 23.3 Å². The number of aromatic nitrogens is 1. The summed E-state index contributed by atoms with van der Waals surface area (Å²) in [5.41, 5.74) is 12.0. The number of benzene rings is 1. The Morgan fingerprint density at radius 3 is 2.64 bits per heavy atom. The Labute approximate surface area is 248 Å². The molecular weight excluding hydrogens is 570 g/mol. The number of cyclic esters (lactones) is 1. The summed E-state index contributed by atoms with van der Waals surface area (Å²) >= 11 is 5.02. The molecule has 4 rings (SSSR count). The number of ether oxygens (including phenoxy) is 3. The van der Waals surface area contributed by atoms with Crippen LogP contribution < -0.4 is 21.0 Å². The highest BCUT2D eigenvalue weighted by Gasteiger charge is 2.34. The summed E-state index contributed by atoms with van der Waals surface area (Å²) in [7, 11) is 3.05. The fourth-order valence-electron chi connectivity index (χ4n) is 5.06. The number of carbonyl (C=O) groups excluding carboxylic acids is 2. The summed E-state index contributed by atoms with van der Waals surface area (Å²) in [5.74, 6) is -1.78. The smallest absolute Gasteiger partial charge is 0.414 e. The minimum atomic E-state index is -0.809. The number of halogens is 2. The van der Waals surface area contributed by atoms with Gasteiger partial charge in [0.25, 0.3) is 0 Å². The lowest BCUT2D eigenvalue weighted by Crippen LogP contribution is -2.43. The second-order valence-corrected chi connectivity index (χ2v) is 10.6. The number of hydrazine groups is 1. The molecule has 0 unspecified atom stereocenters. The van der Waals surface area contributed by atoms with Crippen LogP contribution in [-0.4, -0.2) is 80.1 Å². The Morgan fingerprint density at radius 1 is 1.21 bits per heavy atom. The van der Waals surface area contributed by atoms with Gasteiger partial charge in [-0.2, -0.15) is 0 Å². The number of carbonyl (C=O) groups is 2. The SMILES string of the molecule is COCc1c(CCC(=O)N2CCN(c3c(F)cc(N4C[C@H](CCC(=S)OC)OC4=O)cc3F)CCN2)cnc(C)c1N. The van der Waals surface area contributed by atoms with Crippen molar-refractivity contribution < 1.29 is 32.6 Å². The van der Waals surface area contributed by atoms with Gasteiger partial charge in [0, 0.05) is 63.5 Å². The molecule has 228 valence electrons. The lowest BCUT2D eigenvalue weighted by molar-refractivity contribution is -0.133. The molecule has 2 aliphatic heterocycles. The van der Waals surface area contributed by atoms with Crippen LogP contribution in [0.5, 0.6) is 0 Å². The number of anilines is 3. The summed E-state index contributed by atoms with van der Waals surface area (Å²) < 4.78 is 46.2. The number of pyridine rings is 1. The van der Waals surface area contributed by atoms with E-state index in [1.54, 1.807) is 18.2 Å². The third-order valence-corrected chi connectivity index (χ3v) is 7.76. The number of hydrogen-bond acceptors (Lipinski definition) is 10. The van der Waals surface area contributed by atoms with Crippen molar-refractivity contribution in [2.75, 3.05) is 62.5 Å². The van der Waals surface area contributed by atoms with Crippen molar-refractivity contribution >= 4 is 46.3 Å². The molecule has 14 heteroatoms. The molecule has 0 saturated carbocycles. The Bertz CT molecular complexity index is 1310. The van der Waals surface area contributed by atoms with Gasteiger partial charge in [-0.3, -0.25) is 19.7 Å². The highest BCUT2D eigenvalue weighted by molar-refractivity contribution is 7.80. The van der Waals surface area contributed by atoms with Gasteiger partial charge < -0.3 is 24.8 Å². The predicted molar refractivity (Wildman–Crippen MR) is 157 cm³/mol. The van der Waals surface area contributed by atoms with Crippen LogP contribution in [-0.2, 0) is 32.0 Å². The molecule has 0 bridgehead atoms. The van der Waals surface area contributed by atoms with Crippen LogP contribution >= 0.6 is 12.2 Å². The molecule has 2 aliphatic rings. The van der Waals surface area contributed by atoms with Gasteiger partial charge in [-0.15, -0.1) is 0 Å². The largest absolute Gasteiger partial charge is 0.490 e. The highest BCUT2D eigenvalue weighted by Crippen LogP contribution is 2.32. The van der Waals surface area contributed by atoms with E-state index in [9.17, 15) is 9.59 Å². The van der Waals surface area contributed by atoms with Crippen LogP contribution in [0, 0.1) is 18.6 Å². The Morgan fingerprint density at radius 2 is 1.95 bits per heavy atom. The van der Waals surface area contributed by atoms with Crippen molar-refractivity contribution in [3.05, 3.63) is 46.8 Å². The van der Waals surface area contributed by atoms with Crippen molar-refractivity contribution in [1.29, 1.82) is 0 Å². The van der Waals surface area contributed by atoms with Crippen molar-refractivity contribution in [3.8, 4) is 0 Å². The lowest BCUT2D eigenvalue weighted by atomic mass is 10.0. The van der Waals surface area contributed by atoms with Crippen molar-refractivity contribution in [3.63, 3.8) is 0 Å². The quantitative estimate of drug-likeness (QED) is 0.390. The number of methoxy groups -OCH3 is 2. The molecule has 2 fully saturated rings. The Hall–Kier alpha value is -3.62. The molecule has 0 radical (unpaired) electrons. The molecule has 3 N–H and O–H groups in total. The third-order valence-electron chi connectivity index (χ3n) is 7.39. The van der Waals surface area contributed by atoms with Crippen LogP contribution in [0.1, 0.15) is 36.1 Å². The minimum absolute atomic E-state index is 0.0689. The summed E-state index contributed by atoms with van der Waals surface area (Å²) in [6, 6.07) is 2.25. The van der Waals surface area contributed by atoms with Crippen LogP contribution in [0.15, 0.2) is 18.3 Å². The summed E-state index contributed by atoms with van der Waals surface area (Å²) in [6.45, 7) is 3.24. The van der Waals surface area contributed by atoms with Gasteiger partial charge in [-0.05, 0) is 37.5 Å². The molecule has 2 aromatic rings. The van der Waals surface area contributed by atoms with Crippen LogP contribution in [0.2, 0.25) is 0 Å². The summed E-state index contributed by atoms with van der Waals surface area (Å²) in [4.78, 5) is 32.5. The number of nitrogens with two attached hydrogens (primary N) is 1. The maximum atomic E-state index is 15.3. The van der Waals surface area contributed by atoms with E-state index in [0.29, 0.717) is 48.8 Å². The molecule has 0 spiro atoms. The highest BCUT2D eigenvalue weighted by atomic mass is 32.1. The number of nitrogens with zero attached hydrogens (tertiary/aromatic N) is 4. The topological polar surface area (TPSA) is 122 Å². The molecule has 1 aromatic carbocycles. The standard InChI is InChI=1S/C28H36F2N6O5S/c1-17-26(31)21(16-39-2)18(14-32-17)4-6-24(37)36-11-10-34(9-8-33-36)27-22(29)12-19(13-23(27)30)35-15-20(41-28(35)38)5-7-25(42)40-3/h12-14,20,33H,4-11,15-16,31H2,1-3H3/t20-/m0/s1. The number of rotatable bonds is 10. The van der Waals surface area contributed by atoms with Gasteiger partial charge in [0.2, 0.25) is 5.91 Å². The monoisotopic (exact) mass is 606 g/mol. The number of nitrogens with one attached hydrogen (secondary N) is 1. The number of hydrogen-bond donors (Lipinski definition) is 2. The maximum absolute atomic E-state index is 15.3. The third kappa shape index (κ3) is 7.23. The maximum Gasteiger partial charge on any atom is 0.414 e. The zero-order valence-electron chi connectivity index (χ0n) is 24.0. The van der Waals surface area contributed by atoms with Gasteiger partial charge in [-0.25, -0.2) is 19.0 Å². The molecule has 3 heterocycles. The molecule has 11 nitrogen and oxygen atoms in total. The van der Waals surface area contributed by atoms with E-state index in [1.807, 2.05) is 6.92 Å². The molecule has 1 aromatic heterocycles. The average molecular weight is 607 g/mol. The van der Waals surface area contributed by atoms with Crippen LogP contribution in [0.25, 0.3) is 0 Å². The van der Waals surface area contributed by atoms with Crippen molar-refractivity contribution in [1.82, 2.24) is 15.4 Å². The number of nitrogen functional groups attached to an aromatic ring is 1.